The van der Waals surface area contributed by atoms with E-state index in [1.54, 1.807) is 0 Å². The Kier molecular flexibility index (Phi) is 8.27. The first kappa shape index (κ1) is 25.2. The van der Waals surface area contributed by atoms with Crippen LogP contribution in [0.3, 0.4) is 0 Å². The second-order valence-corrected chi connectivity index (χ2v) is 10.5. The third kappa shape index (κ3) is 6.80. The molecule has 10 heteroatoms. The van der Waals surface area contributed by atoms with Crippen LogP contribution in [-0.4, -0.2) is 62.7 Å². The van der Waals surface area contributed by atoms with Gasteiger partial charge in [0.05, 0.1) is 5.75 Å². The average molecular weight is 489 g/mol. The van der Waals surface area contributed by atoms with Crippen LogP contribution in [0.4, 0.5) is 4.79 Å². The van der Waals surface area contributed by atoms with Crippen LogP contribution in [-0.2, 0) is 24.2 Å². The first-order chi connectivity index (χ1) is 16.2. The first-order valence-electron chi connectivity index (χ1n) is 10.9. The monoisotopic (exact) mass is 488 g/mol. The molecule has 34 heavy (non-hydrogen) atoms. The van der Waals surface area contributed by atoms with E-state index in [4.69, 9.17) is 9.84 Å². The molecule has 1 aliphatic carbocycles. The van der Waals surface area contributed by atoms with Gasteiger partial charge in [-0.05, 0) is 35.1 Å². The smallest absolute Gasteiger partial charge is 0.407 e. The highest BCUT2D eigenvalue weighted by atomic mass is 32.2. The second-order valence-electron chi connectivity index (χ2n) is 8.23. The number of benzene rings is 2. The van der Waals surface area contributed by atoms with Gasteiger partial charge in [-0.3, -0.25) is 4.79 Å². The maximum atomic E-state index is 12.1. The zero-order chi connectivity index (χ0) is 24.7. The summed E-state index contributed by atoms with van der Waals surface area (Å²) >= 11 is 0. The largest absolute Gasteiger partial charge is 0.480 e. The van der Waals surface area contributed by atoms with E-state index >= 15 is 0 Å². The third-order valence-electron chi connectivity index (χ3n) is 5.60. The lowest BCUT2D eigenvalue weighted by Gasteiger charge is -2.15. The van der Waals surface area contributed by atoms with Crippen molar-refractivity contribution < 1.29 is 32.6 Å². The van der Waals surface area contributed by atoms with Gasteiger partial charge in [0.1, 0.15) is 22.5 Å². The van der Waals surface area contributed by atoms with E-state index in [1.807, 2.05) is 36.4 Å². The molecule has 0 saturated carbocycles. The van der Waals surface area contributed by atoms with Crippen molar-refractivity contribution in [1.29, 1.82) is 0 Å². The molecule has 3 rings (SSSR count). The van der Waals surface area contributed by atoms with Crippen LogP contribution >= 0.6 is 0 Å². The van der Waals surface area contributed by atoms with Gasteiger partial charge in [0.15, 0.2) is 0 Å². The number of alkyl carbamates (subject to hydrolysis) is 1. The number of carboxylic acids is 1. The Morgan fingerprint density at radius 3 is 2.18 bits per heavy atom. The van der Waals surface area contributed by atoms with Gasteiger partial charge < -0.3 is 20.5 Å². The Bertz CT molecular complexity index is 1120. The molecule has 0 spiro atoms. The van der Waals surface area contributed by atoms with Gasteiger partial charge in [-0.2, -0.15) is 0 Å². The van der Waals surface area contributed by atoms with E-state index < -0.39 is 33.8 Å². The lowest BCUT2D eigenvalue weighted by atomic mass is 9.98. The number of hydrogen-bond acceptors (Lipinski definition) is 6. The summed E-state index contributed by atoms with van der Waals surface area (Å²) in [5, 5.41) is 14.1. The van der Waals surface area contributed by atoms with Gasteiger partial charge in [0.2, 0.25) is 5.91 Å². The summed E-state index contributed by atoms with van der Waals surface area (Å²) in [4.78, 5) is 35.4. The van der Waals surface area contributed by atoms with Crippen molar-refractivity contribution in [2.24, 2.45) is 0 Å². The summed E-state index contributed by atoms with van der Waals surface area (Å²) in [5.74, 6) is -2.22. The minimum absolute atomic E-state index is 0.0215. The molecule has 1 atom stereocenters. The van der Waals surface area contributed by atoms with Crippen molar-refractivity contribution in [3.05, 3.63) is 59.7 Å². The number of amides is 2. The van der Waals surface area contributed by atoms with Crippen LogP contribution in [0.5, 0.6) is 0 Å². The molecule has 0 radical (unpaired) electrons. The predicted octanol–water partition coefficient (Wildman–Crippen LogP) is 2.31. The van der Waals surface area contributed by atoms with Gasteiger partial charge in [0.25, 0.3) is 0 Å². The van der Waals surface area contributed by atoms with Crippen LogP contribution in [0.1, 0.15) is 36.3 Å². The quantitative estimate of drug-likeness (QED) is 0.413. The molecular formula is C24H28N2O7S. The van der Waals surface area contributed by atoms with Crippen molar-refractivity contribution in [3.8, 4) is 11.1 Å². The van der Waals surface area contributed by atoms with Gasteiger partial charge in [-0.1, -0.05) is 48.5 Å². The van der Waals surface area contributed by atoms with E-state index in [2.05, 4.69) is 22.8 Å². The number of hydrogen-bond donors (Lipinski definition) is 3. The molecule has 1 aliphatic rings. The number of sulfone groups is 1. The SMILES string of the molecule is CS(=O)(=O)CCC(NC(=O)CCCNC(=O)OCC1c2ccccc2-c2ccccc21)C(=O)O. The molecule has 9 nitrogen and oxygen atoms in total. The Hall–Kier alpha value is -3.40. The minimum atomic E-state index is -3.34. The zero-order valence-corrected chi connectivity index (χ0v) is 19.6. The lowest BCUT2D eigenvalue weighted by Crippen LogP contribution is -2.42. The molecule has 0 bridgehead atoms. The van der Waals surface area contributed by atoms with Crippen molar-refractivity contribution in [3.63, 3.8) is 0 Å². The Morgan fingerprint density at radius 1 is 1.03 bits per heavy atom. The fourth-order valence-corrected chi connectivity index (χ4v) is 4.61. The summed E-state index contributed by atoms with van der Waals surface area (Å²) in [6.07, 6.45) is 0.445. The predicted molar refractivity (Wildman–Crippen MR) is 126 cm³/mol. The molecular weight excluding hydrogens is 460 g/mol. The lowest BCUT2D eigenvalue weighted by molar-refractivity contribution is -0.141. The Morgan fingerprint density at radius 2 is 1.62 bits per heavy atom. The topological polar surface area (TPSA) is 139 Å². The summed E-state index contributed by atoms with van der Waals surface area (Å²) in [5.41, 5.74) is 4.48. The van der Waals surface area contributed by atoms with E-state index in [0.29, 0.717) is 0 Å². The zero-order valence-electron chi connectivity index (χ0n) is 18.8. The third-order valence-corrected chi connectivity index (χ3v) is 6.58. The minimum Gasteiger partial charge on any atom is -0.480 e. The summed E-state index contributed by atoms with van der Waals surface area (Å²) in [7, 11) is -3.34. The van der Waals surface area contributed by atoms with Crippen molar-refractivity contribution in [2.45, 2.75) is 31.2 Å². The average Bonchev–Trinajstić information content (AvgIpc) is 3.11. The number of nitrogens with one attached hydrogen (secondary N) is 2. The van der Waals surface area contributed by atoms with Gasteiger partial charge in [0, 0.05) is 25.1 Å². The van der Waals surface area contributed by atoms with Gasteiger partial charge in [-0.25, -0.2) is 18.0 Å². The number of rotatable bonds is 11. The molecule has 2 aromatic carbocycles. The van der Waals surface area contributed by atoms with Crippen molar-refractivity contribution >= 4 is 27.8 Å². The number of aliphatic carboxylic acids is 1. The normalized spacial score (nSPS) is 13.4. The maximum absolute atomic E-state index is 12.1. The standard InChI is InChI=1S/C24H28N2O7S/c1-34(31,32)14-12-21(23(28)29)26-22(27)11-6-13-25-24(30)33-15-20-18-9-4-2-7-16(18)17-8-3-5-10-19(17)20/h2-5,7-10,20-21H,6,11-15H2,1H3,(H,25,30)(H,26,27)(H,28,29). The van der Waals surface area contributed by atoms with Crippen molar-refractivity contribution in [2.75, 3.05) is 25.2 Å². The van der Waals surface area contributed by atoms with Gasteiger partial charge in [-0.15, -0.1) is 0 Å². The summed E-state index contributed by atoms with van der Waals surface area (Å²) in [6, 6.07) is 14.7. The molecule has 2 aromatic rings. The van der Waals surface area contributed by atoms with Crippen LogP contribution in [0.15, 0.2) is 48.5 Å². The molecule has 1 unspecified atom stereocenters. The van der Waals surface area contributed by atoms with Crippen LogP contribution in [0.25, 0.3) is 11.1 Å². The number of carbonyl (C=O) groups is 3. The number of fused-ring (bicyclic) bond motifs is 3. The first-order valence-corrected chi connectivity index (χ1v) is 13.0. The number of carbonyl (C=O) groups excluding carboxylic acids is 2. The highest BCUT2D eigenvalue weighted by Gasteiger charge is 2.29. The highest BCUT2D eigenvalue weighted by Crippen LogP contribution is 2.44. The molecule has 3 N–H and O–H groups in total. The molecule has 2 amide bonds. The highest BCUT2D eigenvalue weighted by molar-refractivity contribution is 7.90. The van der Waals surface area contributed by atoms with Gasteiger partial charge >= 0.3 is 12.1 Å². The molecule has 0 aliphatic heterocycles. The molecule has 182 valence electrons. The van der Waals surface area contributed by atoms with E-state index in [9.17, 15) is 22.8 Å². The fraction of sp³-hybridized carbons (Fsp3) is 0.375. The Labute approximate surface area is 198 Å². The van der Waals surface area contributed by atoms with Crippen LogP contribution in [0, 0.1) is 0 Å². The second kappa shape index (κ2) is 11.1. The Balaban J connectivity index is 1.41. The summed E-state index contributed by atoms with van der Waals surface area (Å²) < 4.78 is 27.9. The van der Waals surface area contributed by atoms with E-state index in [-0.39, 0.29) is 44.1 Å². The van der Waals surface area contributed by atoms with Crippen molar-refractivity contribution in [1.82, 2.24) is 10.6 Å². The van der Waals surface area contributed by atoms with E-state index in [1.165, 1.54) is 0 Å². The van der Waals surface area contributed by atoms with Crippen LogP contribution < -0.4 is 10.6 Å². The number of ether oxygens (including phenoxy) is 1. The fourth-order valence-electron chi connectivity index (χ4n) is 3.94. The summed E-state index contributed by atoms with van der Waals surface area (Å²) in [6.45, 7) is 0.353. The van der Waals surface area contributed by atoms with E-state index in [0.717, 1.165) is 28.5 Å². The molecule has 0 saturated heterocycles. The molecule has 0 heterocycles. The number of carboxylic acid groups (broad SMARTS) is 1. The molecule has 0 aromatic heterocycles. The maximum Gasteiger partial charge on any atom is 0.407 e. The van der Waals surface area contributed by atoms with Crippen LogP contribution in [0.2, 0.25) is 0 Å². The molecule has 0 fully saturated rings.